The van der Waals surface area contributed by atoms with Crippen molar-refractivity contribution in [2.45, 2.75) is 4.90 Å². The van der Waals surface area contributed by atoms with Gasteiger partial charge < -0.3 is 9.73 Å². The van der Waals surface area contributed by atoms with Crippen LogP contribution in [0.5, 0.6) is 0 Å². The van der Waals surface area contributed by atoms with Gasteiger partial charge in [-0.1, -0.05) is 0 Å². The minimum absolute atomic E-state index is 0.0748. The summed E-state index contributed by atoms with van der Waals surface area (Å²) in [5, 5.41) is 2.28. The highest BCUT2D eigenvalue weighted by molar-refractivity contribution is 7.90. The molecule has 0 atom stereocenters. The van der Waals surface area contributed by atoms with Crippen molar-refractivity contribution in [2.24, 2.45) is 0 Å². The van der Waals surface area contributed by atoms with Crippen LogP contribution in [0.4, 0.5) is 10.1 Å². The van der Waals surface area contributed by atoms with Crippen LogP contribution in [0, 0.1) is 5.82 Å². The first-order valence-electron chi connectivity index (χ1n) is 5.88. The Labute approximate surface area is 121 Å². The van der Waals surface area contributed by atoms with Crippen LogP contribution in [0.1, 0.15) is 5.76 Å². The van der Waals surface area contributed by atoms with Gasteiger partial charge in [-0.3, -0.25) is 4.79 Å². The Morgan fingerprint density at radius 1 is 1.33 bits per heavy atom. The first-order chi connectivity index (χ1) is 9.86. The number of sulfone groups is 1. The average molecular weight is 309 g/mol. The van der Waals surface area contributed by atoms with Gasteiger partial charge in [-0.25, -0.2) is 12.8 Å². The summed E-state index contributed by atoms with van der Waals surface area (Å²) in [5.74, 6) is -0.853. The van der Waals surface area contributed by atoms with Crippen LogP contribution in [0.15, 0.2) is 52.0 Å². The Bertz CT molecular complexity index is 779. The van der Waals surface area contributed by atoms with Crippen molar-refractivity contribution in [3.8, 4) is 0 Å². The lowest BCUT2D eigenvalue weighted by molar-refractivity contribution is -0.111. The summed E-state index contributed by atoms with van der Waals surface area (Å²) in [6.45, 7) is 0. The first kappa shape index (κ1) is 15.0. The normalized spacial score (nSPS) is 11.7. The molecule has 21 heavy (non-hydrogen) atoms. The smallest absolute Gasteiger partial charge is 0.248 e. The average Bonchev–Trinajstić information content (AvgIpc) is 2.91. The monoisotopic (exact) mass is 309 g/mol. The van der Waals surface area contributed by atoms with Crippen LogP contribution in [0.3, 0.4) is 0 Å². The molecule has 0 saturated carbocycles. The van der Waals surface area contributed by atoms with Crippen LogP contribution >= 0.6 is 0 Å². The highest BCUT2D eigenvalue weighted by Gasteiger charge is 2.12. The summed E-state index contributed by atoms with van der Waals surface area (Å²) >= 11 is 0. The number of furan rings is 1. The van der Waals surface area contributed by atoms with Gasteiger partial charge in [0.25, 0.3) is 0 Å². The lowest BCUT2D eigenvalue weighted by atomic mass is 10.3. The Morgan fingerprint density at radius 3 is 2.71 bits per heavy atom. The van der Waals surface area contributed by atoms with Crippen molar-refractivity contribution >= 4 is 27.5 Å². The molecule has 110 valence electrons. The summed E-state index contributed by atoms with van der Waals surface area (Å²) < 4.78 is 41.4. The summed E-state index contributed by atoms with van der Waals surface area (Å²) in [5.41, 5.74) is -0.202. The van der Waals surface area contributed by atoms with Crippen LogP contribution in [0.2, 0.25) is 0 Å². The van der Waals surface area contributed by atoms with Crippen molar-refractivity contribution in [1.29, 1.82) is 0 Å². The quantitative estimate of drug-likeness (QED) is 0.695. The van der Waals surface area contributed by atoms with Crippen molar-refractivity contribution < 1.29 is 22.0 Å². The van der Waals surface area contributed by atoms with E-state index < -0.39 is 21.6 Å². The SMILES string of the molecule is CS(=O)(=O)c1ccc(F)c(NC(=O)/C=C/c2ccco2)c1. The number of benzene rings is 1. The fourth-order valence-corrected chi connectivity index (χ4v) is 2.20. The number of anilines is 1. The standard InChI is InChI=1S/C14H12FNO4S/c1-21(18,19)11-5-6-12(15)13(9-11)16-14(17)7-4-10-3-2-8-20-10/h2-9H,1H3,(H,16,17)/b7-4+. The molecule has 2 rings (SSSR count). The third-order valence-corrected chi connectivity index (χ3v) is 3.68. The second-order valence-electron chi connectivity index (χ2n) is 4.25. The molecule has 0 fully saturated rings. The van der Waals surface area contributed by atoms with Gasteiger partial charge in [0.2, 0.25) is 5.91 Å². The van der Waals surface area contributed by atoms with Crippen molar-refractivity contribution in [3.05, 3.63) is 54.2 Å². The molecule has 0 radical (unpaired) electrons. The zero-order valence-electron chi connectivity index (χ0n) is 11.0. The van der Waals surface area contributed by atoms with E-state index in [0.717, 1.165) is 30.5 Å². The van der Waals surface area contributed by atoms with E-state index in [0.29, 0.717) is 5.76 Å². The van der Waals surface area contributed by atoms with Gasteiger partial charge in [0.05, 0.1) is 16.8 Å². The third-order valence-electron chi connectivity index (χ3n) is 2.57. The molecule has 0 aliphatic carbocycles. The highest BCUT2D eigenvalue weighted by Crippen LogP contribution is 2.19. The Balaban J connectivity index is 2.17. The van der Waals surface area contributed by atoms with E-state index in [-0.39, 0.29) is 10.6 Å². The van der Waals surface area contributed by atoms with E-state index in [9.17, 15) is 17.6 Å². The van der Waals surface area contributed by atoms with Gasteiger partial charge in [-0.15, -0.1) is 0 Å². The van der Waals surface area contributed by atoms with Gasteiger partial charge in [0, 0.05) is 12.3 Å². The molecule has 0 bridgehead atoms. The molecule has 7 heteroatoms. The van der Waals surface area contributed by atoms with Gasteiger partial charge in [-0.05, 0) is 36.4 Å². The Hall–Kier alpha value is -2.41. The molecule has 0 unspecified atom stereocenters. The highest BCUT2D eigenvalue weighted by atomic mass is 32.2. The first-order valence-corrected chi connectivity index (χ1v) is 7.77. The number of halogens is 1. The number of carbonyl (C=O) groups excluding carboxylic acids is 1. The van der Waals surface area contributed by atoms with Gasteiger partial charge >= 0.3 is 0 Å². The van der Waals surface area contributed by atoms with Crippen LogP contribution in [0.25, 0.3) is 6.08 Å². The van der Waals surface area contributed by atoms with E-state index in [4.69, 9.17) is 4.42 Å². The second-order valence-corrected chi connectivity index (χ2v) is 6.27. The molecule has 0 spiro atoms. The molecule has 1 amide bonds. The van der Waals surface area contributed by atoms with Gasteiger partial charge in [-0.2, -0.15) is 0 Å². The number of amides is 1. The predicted octanol–water partition coefficient (Wildman–Crippen LogP) is 2.47. The molecular formula is C14H12FNO4S. The topological polar surface area (TPSA) is 76.4 Å². The second kappa shape index (κ2) is 5.92. The molecule has 1 heterocycles. The number of carbonyl (C=O) groups is 1. The number of hydrogen-bond acceptors (Lipinski definition) is 4. The molecule has 0 saturated heterocycles. The minimum atomic E-state index is -3.48. The van der Waals surface area contributed by atoms with E-state index >= 15 is 0 Å². The molecule has 0 aliphatic rings. The third kappa shape index (κ3) is 4.03. The molecule has 0 aliphatic heterocycles. The molecule has 2 aromatic rings. The van der Waals surface area contributed by atoms with Crippen LogP contribution in [-0.4, -0.2) is 20.6 Å². The Morgan fingerprint density at radius 2 is 2.10 bits per heavy atom. The molecule has 1 aromatic carbocycles. The summed E-state index contributed by atoms with van der Waals surface area (Å²) in [7, 11) is -3.48. The van der Waals surface area contributed by atoms with Crippen LogP contribution in [-0.2, 0) is 14.6 Å². The van der Waals surface area contributed by atoms with E-state index in [1.165, 1.54) is 12.3 Å². The zero-order valence-corrected chi connectivity index (χ0v) is 11.9. The zero-order chi connectivity index (χ0) is 15.5. The molecular weight excluding hydrogens is 297 g/mol. The molecule has 1 aromatic heterocycles. The van der Waals surface area contributed by atoms with Gasteiger partial charge in [0.1, 0.15) is 11.6 Å². The lowest BCUT2D eigenvalue weighted by Gasteiger charge is -2.06. The Kier molecular flexibility index (Phi) is 4.23. The lowest BCUT2D eigenvalue weighted by Crippen LogP contribution is -2.10. The maximum atomic E-state index is 13.6. The maximum Gasteiger partial charge on any atom is 0.248 e. The predicted molar refractivity (Wildman–Crippen MR) is 75.9 cm³/mol. The summed E-state index contributed by atoms with van der Waals surface area (Å²) in [4.78, 5) is 11.6. The van der Waals surface area contributed by atoms with E-state index in [2.05, 4.69) is 5.32 Å². The summed E-state index contributed by atoms with van der Waals surface area (Å²) in [6, 6.07) is 6.51. The van der Waals surface area contributed by atoms with E-state index in [1.807, 2.05) is 0 Å². The minimum Gasteiger partial charge on any atom is -0.465 e. The van der Waals surface area contributed by atoms with Crippen molar-refractivity contribution in [2.75, 3.05) is 11.6 Å². The fraction of sp³-hybridized carbons (Fsp3) is 0.0714. The number of hydrogen-bond donors (Lipinski definition) is 1. The van der Waals surface area contributed by atoms with Gasteiger partial charge in [0.15, 0.2) is 9.84 Å². The van der Waals surface area contributed by atoms with Crippen molar-refractivity contribution in [3.63, 3.8) is 0 Å². The number of nitrogens with one attached hydrogen (secondary N) is 1. The number of rotatable bonds is 4. The molecule has 5 nitrogen and oxygen atoms in total. The maximum absolute atomic E-state index is 13.6. The molecule has 1 N–H and O–H groups in total. The largest absolute Gasteiger partial charge is 0.465 e. The summed E-state index contributed by atoms with van der Waals surface area (Å²) in [6.07, 6.45) is 5.02. The van der Waals surface area contributed by atoms with Crippen LogP contribution < -0.4 is 5.32 Å². The fourth-order valence-electron chi connectivity index (χ4n) is 1.55. The van der Waals surface area contributed by atoms with Crippen molar-refractivity contribution in [1.82, 2.24) is 0 Å². The van der Waals surface area contributed by atoms with E-state index in [1.54, 1.807) is 12.1 Å².